The Kier molecular flexibility index (Phi) is 4.88. The highest BCUT2D eigenvalue weighted by atomic mass is 16.2. The Bertz CT molecular complexity index is 1030. The summed E-state index contributed by atoms with van der Waals surface area (Å²) in [5, 5.41) is 6.13. The molecular formula is C19H20N4O3. The molecule has 2 aromatic heterocycles. The first kappa shape index (κ1) is 17.5. The third-order valence-corrected chi connectivity index (χ3v) is 4.18. The normalized spacial score (nSPS) is 10.7. The average molecular weight is 352 g/mol. The van der Waals surface area contributed by atoms with Crippen molar-refractivity contribution in [1.29, 1.82) is 0 Å². The van der Waals surface area contributed by atoms with E-state index in [1.807, 2.05) is 30.5 Å². The second-order valence-corrected chi connectivity index (χ2v) is 5.87. The fourth-order valence-electron chi connectivity index (χ4n) is 2.91. The molecule has 0 fully saturated rings. The number of hydrogen-bond donors (Lipinski definition) is 3. The summed E-state index contributed by atoms with van der Waals surface area (Å²) >= 11 is 0. The van der Waals surface area contributed by atoms with E-state index in [2.05, 4.69) is 15.6 Å². The summed E-state index contributed by atoms with van der Waals surface area (Å²) in [5.74, 6) is -0.846. The molecular weight excluding hydrogens is 332 g/mol. The monoisotopic (exact) mass is 352 g/mol. The molecule has 0 spiro atoms. The van der Waals surface area contributed by atoms with Gasteiger partial charge in [-0.1, -0.05) is 12.1 Å². The van der Waals surface area contributed by atoms with Crippen molar-refractivity contribution in [2.45, 2.75) is 13.5 Å². The lowest BCUT2D eigenvalue weighted by atomic mass is 10.1. The molecule has 0 aliphatic carbocycles. The Hall–Kier alpha value is -3.35. The minimum absolute atomic E-state index is 0.0579. The van der Waals surface area contributed by atoms with Gasteiger partial charge in [-0.15, -0.1) is 0 Å². The van der Waals surface area contributed by atoms with Crippen molar-refractivity contribution in [2.24, 2.45) is 0 Å². The van der Waals surface area contributed by atoms with E-state index in [1.165, 1.54) is 23.9 Å². The number of benzene rings is 1. The van der Waals surface area contributed by atoms with E-state index in [4.69, 9.17) is 0 Å². The molecule has 1 aromatic carbocycles. The van der Waals surface area contributed by atoms with Crippen LogP contribution in [0, 0.1) is 0 Å². The first-order valence-corrected chi connectivity index (χ1v) is 8.35. The SMILES string of the molecule is CCNC(=O)c1cc(C(=O)NC)c(=O)n(Cc2cccc3[nH]ccc23)c1. The first-order valence-electron chi connectivity index (χ1n) is 8.35. The van der Waals surface area contributed by atoms with Gasteiger partial charge in [-0.25, -0.2) is 0 Å². The molecule has 26 heavy (non-hydrogen) atoms. The number of pyridine rings is 1. The molecule has 7 heteroatoms. The van der Waals surface area contributed by atoms with Gasteiger partial charge in [0.1, 0.15) is 5.56 Å². The van der Waals surface area contributed by atoms with Gasteiger partial charge in [0.05, 0.1) is 12.1 Å². The summed E-state index contributed by atoms with van der Waals surface area (Å²) in [6.07, 6.45) is 3.32. The Morgan fingerprint density at radius 2 is 2.00 bits per heavy atom. The van der Waals surface area contributed by atoms with Crippen LogP contribution in [-0.2, 0) is 6.54 Å². The highest BCUT2D eigenvalue weighted by Crippen LogP contribution is 2.18. The maximum Gasteiger partial charge on any atom is 0.263 e. The maximum atomic E-state index is 12.7. The number of amides is 2. The molecule has 2 amide bonds. The van der Waals surface area contributed by atoms with E-state index in [-0.39, 0.29) is 23.6 Å². The van der Waals surface area contributed by atoms with Gasteiger partial charge in [-0.3, -0.25) is 14.4 Å². The van der Waals surface area contributed by atoms with Gasteiger partial charge in [0.15, 0.2) is 0 Å². The summed E-state index contributed by atoms with van der Waals surface area (Å²) in [6, 6.07) is 9.03. The van der Waals surface area contributed by atoms with Crippen molar-refractivity contribution < 1.29 is 9.59 Å². The van der Waals surface area contributed by atoms with Crippen LogP contribution in [0.5, 0.6) is 0 Å². The molecule has 3 aromatic rings. The van der Waals surface area contributed by atoms with Gasteiger partial charge in [-0.2, -0.15) is 0 Å². The van der Waals surface area contributed by atoms with Crippen LogP contribution in [0.4, 0.5) is 0 Å². The number of H-pyrrole nitrogens is 1. The van der Waals surface area contributed by atoms with Crippen molar-refractivity contribution in [3.63, 3.8) is 0 Å². The van der Waals surface area contributed by atoms with Crippen LogP contribution >= 0.6 is 0 Å². The van der Waals surface area contributed by atoms with Crippen LogP contribution in [0.3, 0.4) is 0 Å². The highest BCUT2D eigenvalue weighted by Gasteiger charge is 2.17. The van der Waals surface area contributed by atoms with Crippen LogP contribution in [0.1, 0.15) is 33.2 Å². The summed E-state index contributed by atoms with van der Waals surface area (Å²) in [5.41, 5.74) is 1.65. The summed E-state index contributed by atoms with van der Waals surface area (Å²) in [6.45, 7) is 2.52. The van der Waals surface area contributed by atoms with E-state index in [1.54, 1.807) is 6.92 Å². The standard InChI is InChI=1S/C19H20N4O3/c1-3-21-17(24)13-9-15(18(25)20-2)19(26)23(11-13)10-12-5-4-6-16-14(12)7-8-22-16/h4-9,11,22H,3,10H2,1-2H3,(H,20,25)(H,21,24). The average Bonchev–Trinajstić information content (AvgIpc) is 3.12. The molecule has 134 valence electrons. The van der Waals surface area contributed by atoms with Crippen LogP contribution in [0.2, 0.25) is 0 Å². The lowest BCUT2D eigenvalue weighted by Gasteiger charge is -2.12. The molecule has 0 saturated heterocycles. The number of aromatic nitrogens is 2. The number of carbonyl (C=O) groups is 2. The molecule has 0 radical (unpaired) electrons. The third-order valence-electron chi connectivity index (χ3n) is 4.18. The van der Waals surface area contributed by atoms with Crippen molar-refractivity contribution in [3.05, 3.63) is 69.8 Å². The van der Waals surface area contributed by atoms with Gasteiger partial charge < -0.3 is 20.2 Å². The van der Waals surface area contributed by atoms with Gasteiger partial charge >= 0.3 is 0 Å². The Morgan fingerprint density at radius 3 is 2.73 bits per heavy atom. The minimum Gasteiger partial charge on any atom is -0.361 e. The fourth-order valence-corrected chi connectivity index (χ4v) is 2.91. The lowest BCUT2D eigenvalue weighted by Crippen LogP contribution is -2.34. The third kappa shape index (κ3) is 3.23. The zero-order chi connectivity index (χ0) is 18.7. The quantitative estimate of drug-likeness (QED) is 0.649. The maximum absolute atomic E-state index is 12.7. The number of aromatic amines is 1. The van der Waals surface area contributed by atoms with Crippen molar-refractivity contribution in [1.82, 2.24) is 20.2 Å². The first-order chi connectivity index (χ1) is 12.5. The molecule has 0 aliphatic rings. The largest absolute Gasteiger partial charge is 0.361 e. The Morgan fingerprint density at radius 1 is 1.19 bits per heavy atom. The van der Waals surface area contributed by atoms with E-state index in [0.717, 1.165) is 16.5 Å². The Labute approximate surface area is 150 Å². The topological polar surface area (TPSA) is 96.0 Å². The fraction of sp³-hybridized carbons (Fsp3) is 0.211. The van der Waals surface area contributed by atoms with Crippen molar-refractivity contribution in [3.8, 4) is 0 Å². The van der Waals surface area contributed by atoms with E-state index >= 15 is 0 Å². The predicted molar refractivity (Wildman–Crippen MR) is 99.5 cm³/mol. The number of carbonyl (C=O) groups excluding carboxylic acids is 2. The second kappa shape index (κ2) is 7.26. The van der Waals surface area contributed by atoms with E-state index < -0.39 is 11.5 Å². The number of fused-ring (bicyclic) bond motifs is 1. The van der Waals surface area contributed by atoms with Gasteiger partial charge in [0.25, 0.3) is 17.4 Å². The smallest absolute Gasteiger partial charge is 0.263 e. The van der Waals surface area contributed by atoms with Crippen LogP contribution in [0.25, 0.3) is 10.9 Å². The molecule has 2 heterocycles. The zero-order valence-corrected chi connectivity index (χ0v) is 14.6. The predicted octanol–water partition coefficient (Wildman–Crippen LogP) is 1.49. The summed E-state index contributed by atoms with van der Waals surface area (Å²) in [4.78, 5) is 40.2. The van der Waals surface area contributed by atoms with Crippen molar-refractivity contribution in [2.75, 3.05) is 13.6 Å². The van der Waals surface area contributed by atoms with Crippen LogP contribution < -0.4 is 16.2 Å². The molecule has 0 bridgehead atoms. The molecule has 0 unspecified atom stereocenters. The summed E-state index contributed by atoms with van der Waals surface area (Å²) < 4.78 is 1.40. The molecule has 3 rings (SSSR count). The van der Waals surface area contributed by atoms with Crippen LogP contribution in [0.15, 0.2) is 47.5 Å². The minimum atomic E-state index is -0.519. The second-order valence-electron chi connectivity index (χ2n) is 5.87. The van der Waals surface area contributed by atoms with Crippen molar-refractivity contribution >= 4 is 22.7 Å². The lowest BCUT2D eigenvalue weighted by molar-refractivity contribution is 0.0955. The Balaban J connectivity index is 2.11. The molecule has 0 aliphatic heterocycles. The molecule has 3 N–H and O–H groups in total. The highest BCUT2D eigenvalue weighted by molar-refractivity contribution is 5.99. The van der Waals surface area contributed by atoms with Crippen LogP contribution in [-0.4, -0.2) is 35.0 Å². The van der Waals surface area contributed by atoms with Gasteiger partial charge in [0, 0.05) is 36.9 Å². The number of nitrogens with zero attached hydrogens (tertiary/aromatic N) is 1. The number of hydrogen-bond acceptors (Lipinski definition) is 3. The summed E-state index contributed by atoms with van der Waals surface area (Å²) in [7, 11) is 1.45. The molecule has 7 nitrogen and oxygen atoms in total. The molecule has 0 atom stereocenters. The van der Waals surface area contributed by atoms with E-state index in [0.29, 0.717) is 6.54 Å². The zero-order valence-electron chi connectivity index (χ0n) is 14.6. The molecule has 0 saturated carbocycles. The van der Waals surface area contributed by atoms with E-state index in [9.17, 15) is 14.4 Å². The number of nitrogens with one attached hydrogen (secondary N) is 3. The van der Waals surface area contributed by atoms with Gasteiger partial charge in [0.2, 0.25) is 0 Å². The number of rotatable bonds is 5. The van der Waals surface area contributed by atoms with Gasteiger partial charge in [-0.05, 0) is 30.7 Å².